The molecule has 6 heteroatoms. The highest BCUT2D eigenvalue weighted by Crippen LogP contribution is 2.80. The van der Waals surface area contributed by atoms with Crippen molar-refractivity contribution in [3.05, 3.63) is 47.4 Å². The van der Waals surface area contributed by atoms with Gasteiger partial charge in [0, 0.05) is 47.1 Å². The molecule has 1 saturated heterocycles. The lowest BCUT2D eigenvalue weighted by Gasteiger charge is -2.76. The minimum absolute atomic E-state index is 0.0312. The average Bonchev–Trinajstić information content (AvgIpc) is 3.35. The van der Waals surface area contributed by atoms with Crippen LogP contribution in [0.15, 0.2) is 35.1 Å². The first-order valence-electron chi connectivity index (χ1n) is 13.4. The summed E-state index contributed by atoms with van der Waals surface area (Å²) < 4.78 is 18.9. The number of rotatable bonds is 5. The number of aromatic hydroxyl groups is 1. The summed E-state index contributed by atoms with van der Waals surface area (Å²) in [4.78, 5) is 2.80. The average molecular weight is 478 g/mol. The van der Waals surface area contributed by atoms with Gasteiger partial charge in [0.25, 0.3) is 0 Å². The second-order valence-corrected chi connectivity index (χ2v) is 12.6. The summed E-state index contributed by atoms with van der Waals surface area (Å²) in [5, 5.41) is 22.9. The molecule has 1 aromatic heterocycles. The van der Waals surface area contributed by atoms with E-state index >= 15 is 0 Å². The smallest absolute Gasteiger partial charge is 0.165 e. The molecule has 0 radical (unpaired) electrons. The number of phenolic OH excluding ortho intramolecular Hbond substituents is 1. The van der Waals surface area contributed by atoms with Crippen molar-refractivity contribution in [2.24, 2.45) is 16.7 Å². The fraction of sp³-hybridized carbons (Fsp3) is 0.655. The van der Waals surface area contributed by atoms with Crippen LogP contribution in [-0.2, 0) is 16.6 Å². The molecule has 1 aromatic carbocycles. The summed E-state index contributed by atoms with van der Waals surface area (Å²) >= 11 is 0. The zero-order valence-electron chi connectivity index (χ0n) is 20.6. The van der Waals surface area contributed by atoms with Gasteiger partial charge in [0.1, 0.15) is 11.7 Å². The lowest BCUT2D eigenvalue weighted by Crippen LogP contribution is -2.83. The number of phenols is 1. The quantitative estimate of drug-likeness (QED) is 0.668. The van der Waals surface area contributed by atoms with Gasteiger partial charge in [-0.25, -0.2) is 0 Å². The predicted octanol–water partition coefficient (Wildman–Crippen LogP) is 4.33. The SMILES string of the molecule is CO[C@]12CC[C@@]3(C[C@]1(C)[C@@H](O)c1ccoc1)[C@H]1Cc4ccc(O)c5c4[C@@]3(CCN1CC1CC1)[C@H]2O5. The number of hydrogen-bond acceptors (Lipinski definition) is 6. The molecule has 4 bridgehead atoms. The van der Waals surface area contributed by atoms with Crippen LogP contribution in [-0.4, -0.2) is 53.1 Å². The Labute approximate surface area is 206 Å². The molecule has 5 fully saturated rings. The summed E-state index contributed by atoms with van der Waals surface area (Å²) in [6, 6.07) is 6.26. The summed E-state index contributed by atoms with van der Waals surface area (Å²) in [5.74, 6) is 1.75. The van der Waals surface area contributed by atoms with E-state index in [1.807, 2.05) is 12.1 Å². The maximum atomic E-state index is 12.0. The Bertz CT molecular complexity index is 1210. The summed E-state index contributed by atoms with van der Waals surface area (Å²) in [6.45, 7) is 4.47. The maximum Gasteiger partial charge on any atom is 0.165 e. The zero-order valence-corrected chi connectivity index (χ0v) is 20.6. The second kappa shape index (κ2) is 6.45. The molecule has 2 aromatic rings. The number of furan rings is 1. The lowest BCUT2D eigenvalue weighted by atomic mass is 9.31. The summed E-state index contributed by atoms with van der Waals surface area (Å²) in [7, 11) is 1.80. The van der Waals surface area contributed by atoms with E-state index in [9.17, 15) is 10.2 Å². The van der Waals surface area contributed by atoms with E-state index in [4.69, 9.17) is 13.9 Å². The molecule has 9 rings (SSSR count). The van der Waals surface area contributed by atoms with Gasteiger partial charge in [-0.05, 0) is 75.1 Å². The molecule has 5 aliphatic carbocycles. The van der Waals surface area contributed by atoms with E-state index < -0.39 is 17.1 Å². The molecule has 4 saturated carbocycles. The van der Waals surface area contributed by atoms with Crippen molar-refractivity contribution >= 4 is 0 Å². The number of aliphatic hydroxyl groups is 1. The molecular formula is C29H35NO5. The van der Waals surface area contributed by atoms with Crippen LogP contribution in [0.25, 0.3) is 0 Å². The van der Waals surface area contributed by atoms with Crippen LogP contribution in [0.1, 0.15) is 68.2 Å². The molecule has 2 aliphatic heterocycles. The normalized spacial score (nSPS) is 43.6. The Morgan fingerprint density at radius 1 is 1.20 bits per heavy atom. The topological polar surface area (TPSA) is 75.3 Å². The van der Waals surface area contributed by atoms with Crippen LogP contribution in [0.5, 0.6) is 11.5 Å². The maximum absolute atomic E-state index is 12.0. The number of benzene rings is 1. The van der Waals surface area contributed by atoms with Crippen LogP contribution in [0.2, 0.25) is 0 Å². The first kappa shape index (κ1) is 21.1. The second-order valence-electron chi connectivity index (χ2n) is 12.6. The monoisotopic (exact) mass is 477 g/mol. The highest BCUT2D eigenvalue weighted by molar-refractivity contribution is 5.63. The van der Waals surface area contributed by atoms with Crippen LogP contribution in [0.4, 0.5) is 0 Å². The highest BCUT2D eigenvalue weighted by atomic mass is 16.6. The van der Waals surface area contributed by atoms with Crippen molar-refractivity contribution in [2.75, 3.05) is 20.2 Å². The van der Waals surface area contributed by atoms with Gasteiger partial charge in [-0.15, -0.1) is 0 Å². The number of nitrogens with zero attached hydrogens (tertiary/aromatic N) is 1. The van der Waals surface area contributed by atoms with E-state index in [-0.39, 0.29) is 22.7 Å². The number of aliphatic hydroxyl groups excluding tert-OH is 1. The van der Waals surface area contributed by atoms with Gasteiger partial charge in [0.2, 0.25) is 0 Å². The van der Waals surface area contributed by atoms with Gasteiger partial charge in [0.05, 0.1) is 18.6 Å². The Morgan fingerprint density at radius 3 is 2.80 bits per heavy atom. The third-order valence-corrected chi connectivity index (χ3v) is 11.6. The van der Waals surface area contributed by atoms with Crippen molar-refractivity contribution in [3.63, 3.8) is 0 Å². The molecule has 186 valence electrons. The Hall–Kier alpha value is -2.02. The van der Waals surface area contributed by atoms with E-state index in [0.717, 1.165) is 50.1 Å². The molecule has 35 heavy (non-hydrogen) atoms. The molecule has 0 amide bonds. The summed E-state index contributed by atoms with van der Waals surface area (Å²) in [5.41, 5.74) is 1.94. The van der Waals surface area contributed by atoms with Crippen LogP contribution in [0, 0.1) is 16.7 Å². The first-order valence-corrected chi connectivity index (χ1v) is 13.4. The highest BCUT2D eigenvalue weighted by Gasteiger charge is 2.84. The van der Waals surface area contributed by atoms with Gasteiger partial charge in [0.15, 0.2) is 11.5 Å². The lowest BCUT2D eigenvalue weighted by molar-refractivity contribution is -0.324. The van der Waals surface area contributed by atoms with E-state index in [1.54, 1.807) is 19.6 Å². The van der Waals surface area contributed by atoms with Gasteiger partial charge < -0.3 is 24.1 Å². The molecule has 6 nitrogen and oxygen atoms in total. The van der Waals surface area contributed by atoms with Crippen molar-refractivity contribution in [3.8, 4) is 11.5 Å². The zero-order chi connectivity index (χ0) is 23.8. The summed E-state index contributed by atoms with van der Waals surface area (Å²) in [6.07, 6.45) is 9.85. The molecule has 2 N–H and O–H groups in total. The van der Waals surface area contributed by atoms with Crippen LogP contribution in [0.3, 0.4) is 0 Å². The number of likely N-dealkylation sites (tertiary alicyclic amines) is 1. The van der Waals surface area contributed by atoms with E-state index in [0.29, 0.717) is 11.8 Å². The number of hydrogen-bond donors (Lipinski definition) is 2. The first-order chi connectivity index (χ1) is 16.9. The van der Waals surface area contributed by atoms with Crippen molar-refractivity contribution in [1.29, 1.82) is 0 Å². The molecular weight excluding hydrogens is 442 g/mol. The fourth-order valence-electron chi connectivity index (χ4n) is 10.0. The van der Waals surface area contributed by atoms with Gasteiger partial charge in [-0.1, -0.05) is 13.0 Å². The third-order valence-electron chi connectivity index (χ3n) is 11.6. The van der Waals surface area contributed by atoms with Gasteiger partial charge in [-0.3, -0.25) is 4.90 Å². The molecule has 0 unspecified atom stereocenters. The Kier molecular flexibility index (Phi) is 3.89. The third kappa shape index (κ3) is 2.17. The Morgan fingerprint density at radius 2 is 2.06 bits per heavy atom. The molecule has 2 spiro atoms. The Balaban J connectivity index is 1.38. The predicted molar refractivity (Wildman–Crippen MR) is 128 cm³/mol. The number of piperidine rings is 1. The minimum atomic E-state index is -0.726. The minimum Gasteiger partial charge on any atom is -0.504 e. The molecule has 7 aliphatic rings. The number of fused-ring (bicyclic) bond motifs is 2. The van der Waals surface area contributed by atoms with Gasteiger partial charge >= 0.3 is 0 Å². The number of methoxy groups -OCH3 is 1. The van der Waals surface area contributed by atoms with Gasteiger partial charge in [-0.2, -0.15) is 0 Å². The molecule has 7 atom stereocenters. The molecule has 3 heterocycles. The number of ether oxygens (including phenoxy) is 2. The van der Waals surface area contributed by atoms with Crippen LogP contribution < -0.4 is 4.74 Å². The van der Waals surface area contributed by atoms with Crippen molar-refractivity contribution in [1.82, 2.24) is 4.90 Å². The van der Waals surface area contributed by atoms with Crippen molar-refractivity contribution < 1.29 is 24.1 Å². The largest absolute Gasteiger partial charge is 0.504 e. The fourth-order valence-corrected chi connectivity index (χ4v) is 10.0. The van der Waals surface area contributed by atoms with E-state index in [1.165, 1.54) is 30.5 Å². The van der Waals surface area contributed by atoms with Crippen LogP contribution >= 0.6 is 0 Å². The standard InChI is InChI=1S/C29H35NO5/c1-26(24(32)19-7-12-34-15-19)16-27-8-9-29(26,33-2)25-28(27)10-11-30(14-17-3-4-17)21(27)13-18-5-6-20(31)23(35-25)22(18)28/h5-7,12,15,17,21,24-25,31-32H,3-4,8-11,13-14,16H2,1-2H3/t21-,24+,25-,26-,27-,28+,29+/m1/s1. The van der Waals surface area contributed by atoms with E-state index in [2.05, 4.69) is 17.9 Å². The van der Waals surface area contributed by atoms with Crippen molar-refractivity contribution in [2.45, 2.75) is 81.1 Å².